The molecule has 0 radical (unpaired) electrons. The van der Waals surface area contributed by atoms with Crippen molar-refractivity contribution in [2.45, 2.75) is 13.8 Å². The Morgan fingerprint density at radius 2 is 1.86 bits per heavy atom. The number of hydrogen-bond donors (Lipinski definition) is 2. The predicted molar refractivity (Wildman–Crippen MR) is 110 cm³/mol. The average Bonchev–Trinajstić information content (AvgIpc) is 3.04. The van der Waals surface area contributed by atoms with E-state index in [9.17, 15) is 8.42 Å². The number of imidazole rings is 1. The van der Waals surface area contributed by atoms with Gasteiger partial charge in [-0.25, -0.2) is 28.1 Å². The zero-order chi connectivity index (χ0) is 20.0. The standard InChI is InChI=1S/C19H22N6O2S/c1-15-16(2)25(14-23-15)19-12-18(21-13-22-19)20-9-10-24-28(26,27)11-8-17-6-4-3-5-7-17/h3-8,11-14,24H,9-10H2,1-2H3,(H,20,21,22)/b11-8+. The number of benzene rings is 1. The van der Waals surface area contributed by atoms with Crippen molar-refractivity contribution in [3.63, 3.8) is 0 Å². The van der Waals surface area contributed by atoms with Gasteiger partial charge in [0.15, 0.2) is 0 Å². The second-order valence-corrected chi connectivity index (χ2v) is 7.78. The van der Waals surface area contributed by atoms with Crippen LogP contribution in [0.2, 0.25) is 0 Å². The maximum Gasteiger partial charge on any atom is 0.233 e. The fourth-order valence-corrected chi connectivity index (χ4v) is 3.29. The fraction of sp³-hybridized carbons (Fsp3) is 0.211. The fourth-order valence-electron chi connectivity index (χ4n) is 2.47. The number of rotatable bonds is 8. The molecule has 0 atom stereocenters. The zero-order valence-electron chi connectivity index (χ0n) is 15.7. The lowest BCUT2D eigenvalue weighted by Crippen LogP contribution is -2.27. The molecule has 0 aliphatic rings. The smallest absolute Gasteiger partial charge is 0.233 e. The summed E-state index contributed by atoms with van der Waals surface area (Å²) in [4.78, 5) is 12.7. The highest BCUT2D eigenvalue weighted by Crippen LogP contribution is 2.13. The lowest BCUT2D eigenvalue weighted by Gasteiger charge is -2.09. The molecule has 8 nitrogen and oxygen atoms in total. The molecule has 1 aromatic carbocycles. The van der Waals surface area contributed by atoms with Gasteiger partial charge >= 0.3 is 0 Å². The molecule has 0 aliphatic carbocycles. The molecule has 0 aliphatic heterocycles. The maximum atomic E-state index is 12.0. The van der Waals surface area contributed by atoms with Gasteiger partial charge in [-0.1, -0.05) is 30.3 Å². The first-order chi connectivity index (χ1) is 13.4. The van der Waals surface area contributed by atoms with Gasteiger partial charge in [0, 0.05) is 30.3 Å². The van der Waals surface area contributed by atoms with E-state index in [1.807, 2.05) is 48.7 Å². The zero-order valence-corrected chi connectivity index (χ0v) is 16.5. The van der Waals surface area contributed by atoms with Gasteiger partial charge in [-0.05, 0) is 25.5 Å². The van der Waals surface area contributed by atoms with Crippen LogP contribution >= 0.6 is 0 Å². The average molecular weight is 398 g/mol. The second-order valence-electron chi connectivity index (χ2n) is 6.13. The predicted octanol–water partition coefficient (Wildman–Crippen LogP) is 2.28. The topological polar surface area (TPSA) is 102 Å². The normalized spacial score (nSPS) is 11.8. The van der Waals surface area contributed by atoms with Crippen molar-refractivity contribution < 1.29 is 8.42 Å². The Hall–Kier alpha value is -3.04. The molecule has 146 valence electrons. The Kier molecular flexibility index (Phi) is 6.17. The molecule has 0 fully saturated rings. The van der Waals surface area contributed by atoms with E-state index in [-0.39, 0.29) is 6.54 Å². The number of aryl methyl sites for hydroxylation is 1. The lowest BCUT2D eigenvalue weighted by atomic mass is 10.2. The summed E-state index contributed by atoms with van der Waals surface area (Å²) in [6.07, 6.45) is 4.73. The van der Waals surface area contributed by atoms with Crippen molar-refractivity contribution in [2.75, 3.05) is 18.4 Å². The van der Waals surface area contributed by atoms with Crippen molar-refractivity contribution in [1.29, 1.82) is 0 Å². The molecule has 0 saturated heterocycles. The summed E-state index contributed by atoms with van der Waals surface area (Å²) < 4.78 is 28.5. The van der Waals surface area contributed by atoms with E-state index >= 15 is 0 Å². The van der Waals surface area contributed by atoms with Crippen molar-refractivity contribution in [3.05, 3.63) is 71.4 Å². The van der Waals surface area contributed by atoms with Crippen LogP contribution in [0, 0.1) is 13.8 Å². The molecule has 2 aromatic heterocycles. The van der Waals surface area contributed by atoms with Crippen LogP contribution < -0.4 is 10.0 Å². The second kappa shape index (κ2) is 8.77. The van der Waals surface area contributed by atoms with Crippen LogP contribution in [0.3, 0.4) is 0 Å². The Labute approximate surface area is 164 Å². The van der Waals surface area contributed by atoms with Crippen LogP contribution in [0.25, 0.3) is 11.9 Å². The van der Waals surface area contributed by atoms with Gasteiger partial charge < -0.3 is 5.32 Å². The third-order valence-electron chi connectivity index (χ3n) is 4.12. The van der Waals surface area contributed by atoms with Crippen molar-refractivity contribution in [2.24, 2.45) is 0 Å². The van der Waals surface area contributed by atoms with Crippen molar-refractivity contribution in [3.8, 4) is 5.82 Å². The SMILES string of the molecule is Cc1ncn(-c2cc(NCCNS(=O)(=O)/C=C/c3ccccc3)ncn2)c1C. The molecule has 0 unspecified atom stereocenters. The molecule has 28 heavy (non-hydrogen) atoms. The van der Waals surface area contributed by atoms with Gasteiger partial charge in [-0.2, -0.15) is 0 Å². The molecule has 3 rings (SSSR count). The van der Waals surface area contributed by atoms with Crippen LogP contribution in [0.1, 0.15) is 17.0 Å². The number of aromatic nitrogens is 4. The molecule has 2 heterocycles. The Morgan fingerprint density at radius 1 is 1.07 bits per heavy atom. The molecule has 0 spiro atoms. The van der Waals surface area contributed by atoms with E-state index in [0.717, 1.165) is 22.4 Å². The molecule has 3 aromatic rings. The number of nitrogens with zero attached hydrogens (tertiary/aromatic N) is 4. The van der Waals surface area contributed by atoms with E-state index in [4.69, 9.17) is 0 Å². The minimum Gasteiger partial charge on any atom is -0.369 e. The minimum atomic E-state index is -3.50. The Bertz CT molecular complexity index is 1060. The van der Waals surface area contributed by atoms with Gasteiger partial charge in [0.05, 0.1) is 5.69 Å². The molecule has 0 amide bonds. The first-order valence-corrected chi connectivity index (χ1v) is 10.3. The Balaban J connectivity index is 1.53. The third kappa shape index (κ3) is 5.24. The van der Waals surface area contributed by atoms with Crippen molar-refractivity contribution >= 4 is 21.9 Å². The maximum absolute atomic E-state index is 12.0. The van der Waals surface area contributed by atoms with Crippen LogP contribution in [0.4, 0.5) is 5.82 Å². The summed E-state index contributed by atoms with van der Waals surface area (Å²) in [6, 6.07) is 11.0. The molecule has 0 saturated carbocycles. The van der Waals surface area contributed by atoms with E-state index in [1.165, 1.54) is 6.33 Å². The van der Waals surface area contributed by atoms with Crippen LogP contribution in [-0.2, 0) is 10.0 Å². The summed E-state index contributed by atoms with van der Waals surface area (Å²) in [5, 5.41) is 4.25. The summed E-state index contributed by atoms with van der Waals surface area (Å²) >= 11 is 0. The molecule has 2 N–H and O–H groups in total. The monoisotopic (exact) mass is 398 g/mol. The first-order valence-electron chi connectivity index (χ1n) is 8.74. The van der Waals surface area contributed by atoms with Crippen LogP contribution in [0.15, 0.2) is 54.5 Å². The number of nitrogens with one attached hydrogen (secondary N) is 2. The number of sulfonamides is 1. The van der Waals surface area contributed by atoms with Gasteiger partial charge in [0.25, 0.3) is 0 Å². The van der Waals surface area contributed by atoms with Crippen molar-refractivity contribution in [1.82, 2.24) is 24.2 Å². The van der Waals surface area contributed by atoms with E-state index in [1.54, 1.807) is 18.5 Å². The number of hydrogen-bond acceptors (Lipinski definition) is 6. The highest BCUT2D eigenvalue weighted by atomic mass is 32.2. The largest absolute Gasteiger partial charge is 0.369 e. The summed E-state index contributed by atoms with van der Waals surface area (Å²) in [5.74, 6) is 1.30. The minimum absolute atomic E-state index is 0.226. The summed E-state index contributed by atoms with van der Waals surface area (Å²) in [6.45, 7) is 4.51. The lowest BCUT2D eigenvalue weighted by molar-refractivity contribution is 0.592. The van der Waals surface area contributed by atoms with Gasteiger partial charge in [0.2, 0.25) is 10.0 Å². The van der Waals surface area contributed by atoms with E-state index in [0.29, 0.717) is 18.2 Å². The highest BCUT2D eigenvalue weighted by molar-refractivity contribution is 7.92. The van der Waals surface area contributed by atoms with Gasteiger partial charge in [-0.15, -0.1) is 0 Å². The van der Waals surface area contributed by atoms with E-state index in [2.05, 4.69) is 25.0 Å². The summed E-state index contributed by atoms with van der Waals surface area (Å²) in [7, 11) is -3.50. The summed E-state index contributed by atoms with van der Waals surface area (Å²) in [5.41, 5.74) is 2.76. The highest BCUT2D eigenvalue weighted by Gasteiger charge is 2.07. The molecule has 0 bridgehead atoms. The Morgan fingerprint density at radius 3 is 2.57 bits per heavy atom. The molecule has 9 heteroatoms. The van der Waals surface area contributed by atoms with E-state index < -0.39 is 10.0 Å². The van der Waals surface area contributed by atoms with Crippen LogP contribution in [-0.4, -0.2) is 41.0 Å². The quantitative estimate of drug-likeness (QED) is 0.565. The molecular formula is C19H22N6O2S. The first kappa shape index (κ1) is 19.7. The van der Waals surface area contributed by atoms with Gasteiger partial charge in [0.1, 0.15) is 24.3 Å². The van der Waals surface area contributed by atoms with Gasteiger partial charge in [-0.3, -0.25) is 4.57 Å². The van der Waals surface area contributed by atoms with Crippen LogP contribution in [0.5, 0.6) is 0 Å². The molecular weight excluding hydrogens is 376 g/mol. The third-order valence-corrected chi connectivity index (χ3v) is 5.23. The number of anilines is 1.